The standard InChI is InChI=1S/C2F3I2O2/c3-2(4,5)1(8)6-7-9/q-1. The van der Waals surface area contributed by atoms with Gasteiger partial charge in [0.05, 0.1) is 0 Å². The van der Waals surface area contributed by atoms with Crippen molar-refractivity contribution in [2.75, 3.05) is 0 Å². The minimum atomic E-state index is -4.75. The van der Waals surface area contributed by atoms with E-state index in [4.69, 9.17) is 0 Å². The molecule has 0 heterocycles. The van der Waals surface area contributed by atoms with Gasteiger partial charge in [-0.15, -0.1) is 0 Å². The number of carbonyl (C=O) groups excluding carboxylic acids is 1. The molecule has 0 amide bonds. The van der Waals surface area contributed by atoms with Crippen LogP contribution in [-0.2, 0) is 7.86 Å². The van der Waals surface area contributed by atoms with E-state index < -0.39 is 44.4 Å². The zero-order valence-corrected chi connectivity index (χ0v) is 8.02. The molecule has 0 aromatic rings. The van der Waals surface area contributed by atoms with Crippen molar-refractivity contribution >= 4 is 21.0 Å². The van der Waals surface area contributed by atoms with Crippen LogP contribution in [0.5, 0.6) is 0 Å². The van der Waals surface area contributed by atoms with Crippen LogP contribution >= 0.6 is 17.2 Å². The van der Waals surface area contributed by atoms with Gasteiger partial charge in [0, 0.05) is 0 Å². The van der Waals surface area contributed by atoms with Crippen molar-refractivity contribution in [3.8, 4) is 0 Å². The van der Waals surface area contributed by atoms with Crippen LogP contribution in [-0.4, -0.2) is 9.97 Å². The van der Waals surface area contributed by atoms with Crippen molar-refractivity contribution in [2.45, 2.75) is 6.18 Å². The summed E-state index contributed by atoms with van der Waals surface area (Å²) in [6.07, 6.45) is -4.75. The molecule has 0 saturated heterocycles. The topological polar surface area (TPSA) is 34.1 Å². The Bertz CT molecular complexity index is 130. The van der Waals surface area contributed by atoms with Crippen molar-refractivity contribution in [2.24, 2.45) is 0 Å². The number of hydrogen-bond donors (Lipinski definition) is 0. The summed E-state index contributed by atoms with van der Waals surface area (Å²) in [6, 6.07) is 0. The fraction of sp³-hybridized carbons (Fsp3) is 0.500. The summed E-state index contributed by atoms with van der Waals surface area (Å²) < 4.78 is 41.4. The first-order chi connectivity index (χ1) is 3.98. The van der Waals surface area contributed by atoms with E-state index >= 15 is 0 Å². The van der Waals surface area contributed by atoms with E-state index in [1.165, 1.54) is 0 Å². The average Bonchev–Trinajstić information content (AvgIpc) is 1.64. The van der Waals surface area contributed by atoms with Crippen molar-refractivity contribution in [1.29, 1.82) is 0 Å². The third-order valence-corrected chi connectivity index (χ3v) is 5.07. The van der Waals surface area contributed by atoms with E-state index in [0.717, 1.165) is 0 Å². The summed E-state index contributed by atoms with van der Waals surface area (Å²) in [5.41, 5.74) is 0. The van der Waals surface area contributed by atoms with Gasteiger partial charge in [-0.05, 0) is 0 Å². The second kappa shape index (κ2) is 3.78. The molecule has 0 rings (SSSR count). The van der Waals surface area contributed by atoms with Crippen LogP contribution in [0.4, 0.5) is 13.2 Å². The molecular weight excluding hydrogens is 367 g/mol. The predicted octanol–water partition coefficient (Wildman–Crippen LogP) is -1.60. The molecule has 7 heteroatoms. The fourth-order valence-corrected chi connectivity index (χ4v) is 3.01. The van der Waals surface area contributed by atoms with E-state index in [-0.39, 0.29) is 0 Å². The van der Waals surface area contributed by atoms with Crippen LogP contribution in [0, 0.1) is 0 Å². The van der Waals surface area contributed by atoms with E-state index in [2.05, 4.69) is 0 Å². The Morgan fingerprint density at radius 3 is 2.00 bits per heavy atom. The molecule has 0 aliphatic heterocycles. The number of rotatable bonds is 2. The minimum absolute atomic E-state index is 1.71. The maximum atomic E-state index is 11.2. The zero-order chi connectivity index (χ0) is 7.49. The van der Waals surface area contributed by atoms with E-state index in [1.807, 2.05) is 0 Å². The summed E-state index contributed by atoms with van der Waals surface area (Å²) in [5.74, 6) is 0. The van der Waals surface area contributed by atoms with Gasteiger partial charge < -0.3 is 0 Å². The van der Waals surface area contributed by atoms with E-state index in [0.29, 0.717) is 0 Å². The number of halogens is 5. The second-order valence-electron chi connectivity index (χ2n) is 0.901. The van der Waals surface area contributed by atoms with Crippen molar-refractivity contribution in [3.05, 3.63) is 0 Å². The first kappa shape index (κ1) is 9.72. The molecule has 0 radical (unpaired) electrons. The van der Waals surface area contributed by atoms with Gasteiger partial charge in [-0.1, -0.05) is 0 Å². The molecule has 0 aromatic heterocycles. The number of alkyl halides is 3. The summed E-state index contributed by atoms with van der Waals surface area (Å²) in [4.78, 5) is 9.82. The Hall–Kier alpha value is 0.720. The Labute approximate surface area is 65.1 Å². The fourth-order valence-electron chi connectivity index (χ4n) is 0.0670. The van der Waals surface area contributed by atoms with Gasteiger partial charge in [0.25, 0.3) is 0 Å². The number of hydrogen-bond acceptors (Lipinski definition) is 2. The molecule has 9 heavy (non-hydrogen) atoms. The van der Waals surface area contributed by atoms with Crippen LogP contribution in [0.25, 0.3) is 0 Å². The molecule has 0 unspecified atom stereocenters. The molecule has 0 fully saturated rings. The average molecular weight is 367 g/mol. The van der Waals surface area contributed by atoms with Gasteiger partial charge >= 0.3 is 65.4 Å². The normalized spacial score (nSPS) is 11.9. The van der Waals surface area contributed by atoms with Gasteiger partial charge in [-0.3, -0.25) is 0 Å². The zero-order valence-electron chi connectivity index (χ0n) is 3.71. The van der Waals surface area contributed by atoms with Gasteiger partial charge in [0.2, 0.25) is 0 Å². The van der Waals surface area contributed by atoms with E-state index in [9.17, 15) is 21.0 Å². The molecule has 0 spiro atoms. The maximum absolute atomic E-state index is 11.2. The first-order valence-corrected chi connectivity index (χ1v) is 9.75. The van der Waals surface area contributed by atoms with Crippen LogP contribution in [0.1, 0.15) is 0 Å². The Morgan fingerprint density at radius 2 is 1.89 bits per heavy atom. The van der Waals surface area contributed by atoms with Crippen molar-refractivity contribution < 1.29 is 38.3 Å². The third-order valence-electron chi connectivity index (χ3n) is 0.317. The van der Waals surface area contributed by atoms with Gasteiger partial charge in [0.15, 0.2) is 0 Å². The SMILES string of the molecule is O=I[I-]C(=O)C(F)(F)F. The van der Waals surface area contributed by atoms with Crippen LogP contribution in [0.15, 0.2) is 0 Å². The van der Waals surface area contributed by atoms with Crippen LogP contribution < -0.4 is 17.2 Å². The molecule has 0 saturated carbocycles. The molecule has 0 aliphatic rings. The summed E-state index contributed by atoms with van der Waals surface area (Å²) in [7, 11) is 0. The summed E-state index contributed by atoms with van der Waals surface area (Å²) in [5, 5.41) is 0. The van der Waals surface area contributed by atoms with Gasteiger partial charge in [-0.2, -0.15) is 0 Å². The summed E-state index contributed by atoms with van der Waals surface area (Å²) in [6.45, 7) is 0. The quantitative estimate of drug-likeness (QED) is 0.435. The Kier molecular flexibility index (Phi) is 4.09. The third kappa shape index (κ3) is 4.17. The number of carbonyl (C=O) groups is 1. The van der Waals surface area contributed by atoms with Crippen molar-refractivity contribution in [1.82, 2.24) is 0 Å². The molecule has 2 nitrogen and oxygen atoms in total. The summed E-state index contributed by atoms with van der Waals surface area (Å²) >= 11 is -3.44. The van der Waals surface area contributed by atoms with Crippen LogP contribution in [0.3, 0.4) is 0 Å². The monoisotopic (exact) mass is 367 g/mol. The predicted molar refractivity (Wildman–Crippen MR) is 25.8 cm³/mol. The molecule has 0 N–H and O–H groups in total. The van der Waals surface area contributed by atoms with Gasteiger partial charge in [0.1, 0.15) is 0 Å². The molecule has 0 aromatic carbocycles. The molecule has 0 aliphatic carbocycles. The second-order valence-corrected chi connectivity index (χ2v) is 7.59. The van der Waals surface area contributed by atoms with E-state index in [1.54, 1.807) is 0 Å². The van der Waals surface area contributed by atoms with Gasteiger partial charge in [-0.25, -0.2) is 0 Å². The molecule has 56 valence electrons. The Balaban J connectivity index is 3.88. The Morgan fingerprint density at radius 1 is 1.44 bits per heavy atom. The van der Waals surface area contributed by atoms with Crippen molar-refractivity contribution in [3.63, 3.8) is 0 Å². The first-order valence-electron chi connectivity index (χ1n) is 1.51. The molecule has 0 atom stereocenters. The van der Waals surface area contributed by atoms with Crippen LogP contribution in [0.2, 0.25) is 0 Å². The molecular formula is C2F3I2O2-. The molecule has 0 bridgehead atoms.